The molecule has 0 bridgehead atoms. The predicted molar refractivity (Wildman–Crippen MR) is 94.4 cm³/mol. The summed E-state index contributed by atoms with van der Waals surface area (Å²) in [7, 11) is 0. The molecular formula is C20H17NOS. The van der Waals surface area contributed by atoms with Crippen LogP contribution in [0.15, 0.2) is 54.6 Å². The zero-order valence-corrected chi connectivity index (χ0v) is 13.7. The molecular weight excluding hydrogens is 302 g/mol. The number of benzene rings is 2. The average Bonchev–Trinajstić information content (AvgIpc) is 3.05. The van der Waals surface area contributed by atoms with Gasteiger partial charge in [0.2, 0.25) is 0 Å². The SMILES string of the molecule is Cc1ccc(CO)cc1Cc1ccc(-c2cccc(C#N)c2)s1. The highest BCUT2D eigenvalue weighted by Crippen LogP contribution is 2.30. The van der Waals surface area contributed by atoms with Gasteiger partial charge in [-0.05, 0) is 53.4 Å². The van der Waals surface area contributed by atoms with E-state index < -0.39 is 0 Å². The minimum Gasteiger partial charge on any atom is -0.392 e. The fourth-order valence-electron chi connectivity index (χ4n) is 2.57. The Morgan fingerprint density at radius 2 is 1.96 bits per heavy atom. The van der Waals surface area contributed by atoms with Crippen molar-refractivity contribution in [3.05, 3.63) is 81.7 Å². The molecule has 1 heterocycles. The zero-order chi connectivity index (χ0) is 16.2. The van der Waals surface area contributed by atoms with Gasteiger partial charge in [-0.3, -0.25) is 0 Å². The number of hydrogen-bond acceptors (Lipinski definition) is 3. The number of aliphatic hydroxyl groups excluding tert-OH is 1. The lowest BCUT2D eigenvalue weighted by Crippen LogP contribution is -1.92. The molecule has 114 valence electrons. The lowest BCUT2D eigenvalue weighted by molar-refractivity contribution is 0.281. The second kappa shape index (κ2) is 6.78. The van der Waals surface area contributed by atoms with E-state index in [1.807, 2.05) is 30.3 Å². The van der Waals surface area contributed by atoms with E-state index in [-0.39, 0.29) is 6.61 Å². The standard InChI is InChI=1S/C20H17NOS/c1-14-5-6-16(13-22)10-18(14)11-19-7-8-20(23-19)17-4-2-3-15(9-17)12-21/h2-10,22H,11,13H2,1H3. The molecule has 2 aromatic carbocycles. The molecule has 0 saturated heterocycles. The monoisotopic (exact) mass is 319 g/mol. The molecule has 0 atom stereocenters. The van der Waals surface area contributed by atoms with Crippen LogP contribution in [0.3, 0.4) is 0 Å². The van der Waals surface area contributed by atoms with Gasteiger partial charge in [-0.25, -0.2) is 0 Å². The van der Waals surface area contributed by atoms with Crippen LogP contribution >= 0.6 is 11.3 Å². The second-order valence-electron chi connectivity index (χ2n) is 5.55. The van der Waals surface area contributed by atoms with Crippen molar-refractivity contribution in [3.63, 3.8) is 0 Å². The maximum atomic E-state index is 9.30. The van der Waals surface area contributed by atoms with E-state index in [1.165, 1.54) is 20.9 Å². The molecule has 0 amide bonds. The highest BCUT2D eigenvalue weighted by atomic mass is 32.1. The normalized spacial score (nSPS) is 10.5. The van der Waals surface area contributed by atoms with Gasteiger partial charge in [0.05, 0.1) is 18.2 Å². The Morgan fingerprint density at radius 1 is 1.09 bits per heavy atom. The first-order valence-electron chi connectivity index (χ1n) is 7.48. The Kier molecular flexibility index (Phi) is 4.57. The Labute approximate surface area is 140 Å². The predicted octanol–water partition coefficient (Wildman–Crippen LogP) is 4.68. The van der Waals surface area contributed by atoms with Gasteiger partial charge in [0, 0.05) is 16.2 Å². The number of aryl methyl sites for hydroxylation is 1. The van der Waals surface area contributed by atoms with Gasteiger partial charge in [-0.1, -0.05) is 30.3 Å². The number of nitrogens with zero attached hydrogens (tertiary/aromatic N) is 1. The third-order valence-electron chi connectivity index (χ3n) is 3.90. The van der Waals surface area contributed by atoms with Crippen LogP contribution in [0.25, 0.3) is 10.4 Å². The number of rotatable bonds is 4. The van der Waals surface area contributed by atoms with Gasteiger partial charge in [0.1, 0.15) is 0 Å². The van der Waals surface area contributed by atoms with Crippen molar-refractivity contribution in [2.75, 3.05) is 0 Å². The van der Waals surface area contributed by atoms with E-state index in [4.69, 9.17) is 5.26 Å². The van der Waals surface area contributed by atoms with E-state index in [0.29, 0.717) is 5.56 Å². The van der Waals surface area contributed by atoms with Gasteiger partial charge < -0.3 is 5.11 Å². The van der Waals surface area contributed by atoms with Gasteiger partial charge >= 0.3 is 0 Å². The maximum Gasteiger partial charge on any atom is 0.0991 e. The van der Waals surface area contributed by atoms with Crippen molar-refractivity contribution < 1.29 is 5.11 Å². The Morgan fingerprint density at radius 3 is 2.74 bits per heavy atom. The molecule has 3 rings (SSSR count). The third-order valence-corrected chi connectivity index (χ3v) is 5.03. The van der Waals surface area contributed by atoms with Crippen molar-refractivity contribution in [2.45, 2.75) is 20.0 Å². The summed E-state index contributed by atoms with van der Waals surface area (Å²) in [5.74, 6) is 0. The summed E-state index contributed by atoms with van der Waals surface area (Å²) in [6.07, 6.45) is 0.863. The lowest BCUT2D eigenvalue weighted by atomic mass is 10.0. The van der Waals surface area contributed by atoms with Gasteiger partial charge in [-0.15, -0.1) is 11.3 Å². The summed E-state index contributed by atoms with van der Waals surface area (Å²) in [5, 5.41) is 18.3. The van der Waals surface area contributed by atoms with E-state index in [1.54, 1.807) is 11.3 Å². The Balaban J connectivity index is 1.86. The topological polar surface area (TPSA) is 44.0 Å². The van der Waals surface area contributed by atoms with Crippen LogP contribution in [-0.4, -0.2) is 5.11 Å². The first-order valence-corrected chi connectivity index (χ1v) is 8.30. The highest BCUT2D eigenvalue weighted by Gasteiger charge is 2.07. The molecule has 0 aliphatic carbocycles. The van der Waals surface area contributed by atoms with E-state index in [2.05, 4.69) is 37.3 Å². The summed E-state index contributed by atoms with van der Waals surface area (Å²) < 4.78 is 0. The summed E-state index contributed by atoms with van der Waals surface area (Å²) in [6.45, 7) is 2.17. The first kappa shape index (κ1) is 15.5. The van der Waals surface area contributed by atoms with Crippen molar-refractivity contribution in [3.8, 4) is 16.5 Å². The molecule has 1 N–H and O–H groups in total. The molecule has 3 aromatic rings. The van der Waals surface area contributed by atoms with Crippen LogP contribution < -0.4 is 0 Å². The van der Waals surface area contributed by atoms with Crippen molar-refractivity contribution >= 4 is 11.3 Å². The third kappa shape index (κ3) is 3.50. The fourth-order valence-corrected chi connectivity index (χ4v) is 3.60. The van der Waals surface area contributed by atoms with Crippen molar-refractivity contribution in [1.29, 1.82) is 5.26 Å². The van der Waals surface area contributed by atoms with Gasteiger partial charge in [0.25, 0.3) is 0 Å². The van der Waals surface area contributed by atoms with Crippen LogP contribution in [0.4, 0.5) is 0 Å². The largest absolute Gasteiger partial charge is 0.392 e. The summed E-state index contributed by atoms with van der Waals surface area (Å²) in [6, 6.07) is 20.2. The summed E-state index contributed by atoms with van der Waals surface area (Å²) in [4.78, 5) is 2.45. The van der Waals surface area contributed by atoms with Gasteiger partial charge in [-0.2, -0.15) is 5.26 Å². The molecule has 23 heavy (non-hydrogen) atoms. The fraction of sp³-hybridized carbons (Fsp3) is 0.150. The number of aliphatic hydroxyl groups is 1. The van der Waals surface area contributed by atoms with Crippen LogP contribution in [0, 0.1) is 18.3 Å². The first-order chi connectivity index (χ1) is 11.2. The number of hydrogen-bond donors (Lipinski definition) is 1. The molecule has 0 aliphatic heterocycles. The molecule has 1 aromatic heterocycles. The molecule has 0 saturated carbocycles. The summed E-state index contributed by atoms with van der Waals surface area (Å²) in [5.41, 5.74) is 5.20. The maximum absolute atomic E-state index is 9.30. The van der Waals surface area contributed by atoms with Crippen molar-refractivity contribution in [1.82, 2.24) is 0 Å². The quantitative estimate of drug-likeness (QED) is 0.759. The molecule has 2 nitrogen and oxygen atoms in total. The van der Waals surface area contributed by atoms with Crippen molar-refractivity contribution in [2.24, 2.45) is 0 Å². The molecule has 0 unspecified atom stereocenters. The zero-order valence-electron chi connectivity index (χ0n) is 12.9. The molecule has 0 fully saturated rings. The molecule has 0 radical (unpaired) electrons. The molecule has 0 aliphatic rings. The van der Waals surface area contributed by atoms with Crippen LogP contribution in [0.2, 0.25) is 0 Å². The number of thiophene rings is 1. The molecule has 0 spiro atoms. The Hall–Kier alpha value is -2.41. The van der Waals surface area contributed by atoms with Gasteiger partial charge in [0.15, 0.2) is 0 Å². The van der Waals surface area contributed by atoms with E-state index in [0.717, 1.165) is 17.5 Å². The summed E-state index contributed by atoms with van der Waals surface area (Å²) >= 11 is 1.75. The Bertz CT molecular complexity index is 873. The average molecular weight is 319 g/mol. The van der Waals surface area contributed by atoms with E-state index >= 15 is 0 Å². The highest BCUT2D eigenvalue weighted by molar-refractivity contribution is 7.15. The smallest absolute Gasteiger partial charge is 0.0991 e. The number of nitriles is 1. The molecule has 3 heteroatoms. The minimum absolute atomic E-state index is 0.0733. The van der Waals surface area contributed by atoms with Crippen LogP contribution in [0.5, 0.6) is 0 Å². The van der Waals surface area contributed by atoms with Crippen LogP contribution in [0.1, 0.15) is 27.1 Å². The lowest BCUT2D eigenvalue weighted by Gasteiger charge is -2.06. The van der Waals surface area contributed by atoms with E-state index in [9.17, 15) is 5.11 Å². The van der Waals surface area contributed by atoms with Crippen LogP contribution in [-0.2, 0) is 13.0 Å². The minimum atomic E-state index is 0.0733. The second-order valence-corrected chi connectivity index (χ2v) is 6.72.